The molecule has 1 aromatic heterocycles. The van der Waals surface area contributed by atoms with Crippen LogP contribution in [0.4, 0.5) is 13.2 Å². The Bertz CT molecular complexity index is 553. The topological polar surface area (TPSA) is 30.7 Å². The second-order valence-electron chi connectivity index (χ2n) is 3.13. The van der Waals surface area contributed by atoms with Gasteiger partial charge in [-0.2, -0.15) is 13.2 Å². The molecular formula is C9H4BrClF3N3. The minimum absolute atomic E-state index is 0.115. The van der Waals surface area contributed by atoms with Crippen molar-refractivity contribution in [1.82, 2.24) is 14.8 Å². The second kappa shape index (κ2) is 4.30. The van der Waals surface area contributed by atoms with Crippen molar-refractivity contribution in [3.05, 3.63) is 39.8 Å². The van der Waals surface area contributed by atoms with E-state index in [-0.39, 0.29) is 11.0 Å². The van der Waals surface area contributed by atoms with E-state index in [4.69, 9.17) is 11.6 Å². The van der Waals surface area contributed by atoms with Crippen molar-refractivity contribution in [3.8, 4) is 5.69 Å². The molecule has 0 bridgehead atoms. The molecule has 0 aliphatic heterocycles. The maximum Gasteiger partial charge on any atom is 0.418 e. The molecule has 17 heavy (non-hydrogen) atoms. The van der Waals surface area contributed by atoms with Crippen LogP contribution in [0.1, 0.15) is 5.56 Å². The highest BCUT2D eigenvalue weighted by atomic mass is 79.9. The summed E-state index contributed by atoms with van der Waals surface area (Å²) < 4.78 is 39.9. The molecule has 0 aliphatic carbocycles. The summed E-state index contributed by atoms with van der Waals surface area (Å²) in [6.07, 6.45) is -3.35. The van der Waals surface area contributed by atoms with E-state index in [2.05, 4.69) is 26.1 Å². The summed E-state index contributed by atoms with van der Waals surface area (Å²) in [6, 6.07) is 3.76. The molecule has 0 atom stereocenters. The third kappa shape index (κ3) is 2.44. The van der Waals surface area contributed by atoms with Crippen molar-refractivity contribution in [3.63, 3.8) is 0 Å². The van der Waals surface area contributed by atoms with Gasteiger partial charge in [-0.25, -0.2) is 0 Å². The van der Waals surface area contributed by atoms with Crippen molar-refractivity contribution in [2.75, 3.05) is 0 Å². The Kier molecular flexibility index (Phi) is 3.13. The van der Waals surface area contributed by atoms with E-state index in [0.717, 1.165) is 17.0 Å². The number of benzene rings is 1. The van der Waals surface area contributed by atoms with Crippen LogP contribution in [-0.2, 0) is 6.18 Å². The minimum atomic E-state index is -4.48. The Morgan fingerprint density at radius 3 is 2.53 bits per heavy atom. The maximum absolute atomic E-state index is 12.8. The van der Waals surface area contributed by atoms with E-state index >= 15 is 0 Å². The van der Waals surface area contributed by atoms with Gasteiger partial charge in [0.2, 0.25) is 5.28 Å². The van der Waals surface area contributed by atoms with E-state index in [1.165, 1.54) is 12.1 Å². The first-order valence-corrected chi connectivity index (χ1v) is 5.49. The predicted molar refractivity (Wildman–Crippen MR) is 59.1 cm³/mol. The van der Waals surface area contributed by atoms with Crippen LogP contribution in [0.2, 0.25) is 5.28 Å². The highest BCUT2D eigenvalue weighted by Gasteiger charge is 2.34. The van der Waals surface area contributed by atoms with Gasteiger partial charge in [-0.15, -0.1) is 10.2 Å². The quantitative estimate of drug-likeness (QED) is 0.800. The summed E-state index contributed by atoms with van der Waals surface area (Å²) in [4.78, 5) is 0. The molecule has 0 unspecified atom stereocenters. The molecule has 8 heteroatoms. The lowest BCUT2D eigenvalue weighted by molar-refractivity contribution is -0.137. The summed E-state index contributed by atoms with van der Waals surface area (Å²) in [5.74, 6) is 0. The van der Waals surface area contributed by atoms with Gasteiger partial charge in [-0.1, -0.05) is 15.9 Å². The Hall–Kier alpha value is -1.08. The zero-order chi connectivity index (χ0) is 12.6. The maximum atomic E-state index is 12.8. The minimum Gasteiger partial charge on any atom is -0.272 e. The Balaban J connectivity index is 2.67. The molecule has 3 nitrogen and oxygen atoms in total. The van der Waals surface area contributed by atoms with E-state index in [0.29, 0.717) is 4.47 Å². The van der Waals surface area contributed by atoms with Gasteiger partial charge in [-0.3, -0.25) is 4.57 Å². The number of nitrogens with zero attached hydrogens (tertiary/aromatic N) is 3. The molecule has 1 aromatic carbocycles. The van der Waals surface area contributed by atoms with Gasteiger partial charge in [0.15, 0.2) is 0 Å². The number of hydrogen-bond donors (Lipinski definition) is 0. The molecule has 0 radical (unpaired) electrons. The monoisotopic (exact) mass is 325 g/mol. The fourth-order valence-electron chi connectivity index (χ4n) is 1.33. The highest BCUT2D eigenvalue weighted by molar-refractivity contribution is 9.10. The lowest BCUT2D eigenvalue weighted by atomic mass is 10.1. The molecule has 2 rings (SSSR count). The molecule has 2 aromatic rings. The third-order valence-corrected chi connectivity index (χ3v) is 2.78. The van der Waals surface area contributed by atoms with Gasteiger partial charge in [0.1, 0.15) is 6.33 Å². The number of rotatable bonds is 1. The van der Waals surface area contributed by atoms with E-state index in [1.54, 1.807) is 0 Å². The summed E-state index contributed by atoms with van der Waals surface area (Å²) in [7, 11) is 0. The Labute approximate surface area is 107 Å². The molecular weight excluding hydrogens is 322 g/mol. The van der Waals surface area contributed by atoms with Crippen LogP contribution in [-0.4, -0.2) is 14.8 Å². The zero-order valence-corrected chi connectivity index (χ0v) is 10.4. The summed E-state index contributed by atoms with van der Waals surface area (Å²) >= 11 is 8.64. The van der Waals surface area contributed by atoms with Crippen LogP contribution in [0.15, 0.2) is 29.0 Å². The molecule has 0 spiro atoms. The van der Waals surface area contributed by atoms with Crippen LogP contribution >= 0.6 is 27.5 Å². The van der Waals surface area contributed by atoms with Crippen molar-refractivity contribution in [2.45, 2.75) is 6.18 Å². The Morgan fingerprint density at radius 2 is 2.00 bits per heavy atom. The van der Waals surface area contributed by atoms with Crippen LogP contribution in [0, 0.1) is 0 Å². The summed E-state index contributed by atoms with van der Waals surface area (Å²) in [6.45, 7) is 0. The van der Waals surface area contributed by atoms with Crippen molar-refractivity contribution in [2.24, 2.45) is 0 Å². The average Bonchev–Trinajstić information content (AvgIpc) is 2.63. The normalized spacial score (nSPS) is 11.8. The summed E-state index contributed by atoms with van der Waals surface area (Å²) in [5, 5.41) is 6.76. The van der Waals surface area contributed by atoms with E-state index < -0.39 is 11.7 Å². The molecule has 0 fully saturated rings. The van der Waals surface area contributed by atoms with Crippen molar-refractivity contribution < 1.29 is 13.2 Å². The lowest BCUT2D eigenvalue weighted by Gasteiger charge is -2.13. The second-order valence-corrected chi connectivity index (χ2v) is 4.38. The summed E-state index contributed by atoms with van der Waals surface area (Å²) in [5.41, 5.74) is -0.927. The fourth-order valence-corrected chi connectivity index (χ4v) is 1.87. The van der Waals surface area contributed by atoms with Crippen LogP contribution in [0.3, 0.4) is 0 Å². The standard InChI is InChI=1S/C9H4BrClF3N3/c10-5-1-2-7(6(3-5)9(12,13)14)17-4-15-16-8(17)11/h1-4H. The molecule has 90 valence electrons. The van der Waals surface area contributed by atoms with Gasteiger partial charge < -0.3 is 0 Å². The van der Waals surface area contributed by atoms with Gasteiger partial charge >= 0.3 is 6.18 Å². The van der Waals surface area contributed by atoms with Gasteiger partial charge in [-0.05, 0) is 29.8 Å². The van der Waals surface area contributed by atoms with Crippen LogP contribution in [0.5, 0.6) is 0 Å². The van der Waals surface area contributed by atoms with E-state index in [1.807, 2.05) is 0 Å². The number of hydrogen-bond acceptors (Lipinski definition) is 2. The Morgan fingerprint density at radius 1 is 1.29 bits per heavy atom. The van der Waals surface area contributed by atoms with Gasteiger partial charge in [0, 0.05) is 4.47 Å². The SMILES string of the molecule is FC(F)(F)c1cc(Br)ccc1-n1cnnc1Cl. The zero-order valence-electron chi connectivity index (χ0n) is 8.04. The third-order valence-electron chi connectivity index (χ3n) is 2.03. The van der Waals surface area contributed by atoms with Crippen LogP contribution < -0.4 is 0 Å². The van der Waals surface area contributed by atoms with Crippen LogP contribution in [0.25, 0.3) is 5.69 Å². The van der Waals surface area contributed by atoms with Crippen molar-refractivity contribution in [1.29, 1.82) is 0 Å². The number of halogens is 5. The smallest absolute Gasteiger partial charge is 0.272 e. The van der Waals surface area contributed by atoms with Gasteiger partial charge in [0.25, 0.3) is 0 Å². The predicted octanol–water partition coefficient (Wildman–Crippen LogP) is 3.70. The number of alkyl halides is 3. The first-order valence-electron chi connectivity index (χ1n) is 4.32. The molecule has 0 saturated carbocycles. The van der Waals surface area contributed by atoms with Crippen molar-refractivity contribution >= 4 is 27.5 Å². The highest BCUT2D eigenvalue weighted by Crippen LogP contribution is 2.36. The molecule has 0 aliphatic rings. The largest absolute Gasteiger partial charge is 0.418 e. The van der Waals surface area contributed by atoms with E-state index in [9.17, 15) is 13.2 Å². The lowest BCUT2D eigenvalue weighted by Crippen LogP contribution is -2.10. The van der Waals surface area contributed by atoms with Gasteiger partial charge in [0.05, 0.1) is 11.3 Å². The first kappa shape index (κ1) is 12.4. The molecule has 0 amide bonds. The molecule has 0 saturated heterocycles. The fraction of sp³-hybridized carbons (Fsp3) is 0.111. The first-order chi connectivity index (χ1) is 7.89. The number of aromatic nitrogens is 3. The average molecular weight is 327 g/mol. The molecule has 1 heterocycles. The molecule has 0 N–H and O–H groups in total.